The molecular formula is C17H22ClFN2O3. The fraction of sp³-hybridized carbons (Fsp3) is 0.529. The number of amides is 1. The first-order valence-electron chi connectivity index (χ1n) is 7.75. The first-order chi connectivity index (χ1) is 11.2. The summed E-state index contributed by atoms with van der Waals surface area (Å²) in [5.41, 5.74) is 2.91. The maximum absolute atomic E-state index is 14.8. The lowest BCUT2D eigenvalue weighted by Crippen LogP contribution is -2.32. The van der Waals surface area contributed by atoms with Crippen LogP contribution in [0, 0.1) is 24.1 Å². The number of carbonyl (C=O) groups is 1. The van der Waals surface area contributed by atoms with Crippen molar-refractivity contribution in [1.29, 1.82) is 0 Å². The summed E-state index contributed by atoms with van der Waals surface area (Å²) in [5.74, 6) is -0.616. The van der Waals surface area contributed by atoms with E-state index in [0.29, 0.717) is 5.71 Å². The summed E-state index contributed by atoms with van der Waals surface area (Å²) < 4.78 is 20.5. The van der Waals surface area contributed by atoms with Crippen LogP contribution in [0.3, 0.4) is 0 Å². The van der Waals surface area contributed by atoms with Crippen molar-refractivity contribution in [3.63, 3.8) is 0 Å². The molecule has 0 radical (unpaired) electrons. The van der Waals surface area contributed by atoms with Crippen LogP contribution in [0.5, 0.6) is 5.75 Å². The van der Waals surface area contributed by atoms with Gasteiger partial charge < -0.3 is 9.84 Å². The molecule has 7 heteroatoms. The first-order valence-corrected chi connectivity index (χ1v) is 8.13. The Morgan fingerprint density at radius 1 is 1.54 bits per heavy atom. The predicted octanol–water partition coefficient (Wildman–Crippen LogP) is 3.04. The molecule has 1 aliphatic heterocycles. The van der Waals surface area contributed by atoms with Crippen LogP contribution in [0.15, 0.2) is 11.2 Å². The van der Waals surface area contributed by atoms with Crippen LogP contribution in [0.4, 0.5) is 4.39 Å². The largest absolute Gasteiger partial charge is 0.491 e. The Bertz CT molecular complexity index is 689. The number of nitrogens with one attached hydrogen (secondary N) is 1. The summed E-state index contributed by atoms with van der Waals surface area (Å²) >= 11 is 6.28. The minimum atomic E-state index is -0.474. The minimum Gasteiger partial charge on any atom is -0.491 e. The highest BCUT2D eigenvalue weighted by Crippen LogP contribution is 2.35. The highest BCUT2D eigenvalue weighted by Gasteiger charge is 2.27. The van der Waals surface area contributed by atoms with Gasteiger partial charge >= 0.3 is 0 Å². The van der Waals surface area contributed by atoms with Crippen molar-refractivity contribution in [3.8, 4) is 5.75 Å². The standard InChI is InChI=1S/C17H22ClFN2O3/c1-9-5-13(23)20-21-15(9)11-6-12(18)16(10(2)14(11)19)24-8-17(3,4)7-22/h6,9,22H,5,7-8H2,1-4H3,(H,20,23). The van der Waals surface area contributed by atoms with Crippen LogP contribution in [0.25, 0.3) is 0 Å². The Hall–Kier alpha value is -1.66. The zero-order chi connectivity index (χ0) is 18.1. The Labute approximate surface area is 145 Å². The van der Waals surface area contributed by atoms with Crippen molar-refractivity contribution >= 4 is 23.2 Å². The van der Waals surface area contributed by atoms with E-state index in [1.807, 2.05) is 20.8 Å². The maximum Gasteiger partial charge on any atom is 0.240 e. The van der Waals surface area contributed by atoms with Gasteiger partial charge in [0.15, 0.2) is 0 Å². The molecule has 0 bridgehead atoms. The van der Waals surface area contributed by atoms with E-state index < -0.39 is 11.2 Å². The van der Waals surface area contributed by atoms with Gasteiger partial charge in [0.1, 0.15) is 11.6 Å². The van der Waals surface area contributed by atoms with E-state index in [-0.39, 0.29) is 53.4 Å². The van der Waals surface area contributed by atoms with Gasteiger partial charge in [-0.2, -0.15) is 5.10 Å². The minimum absolute atomic E-state index is 0.0573. The summed E-state index contributed by atoms with van der Waals surface area (Å²) in [6.07, 6.45) is 0.248. The molecule has 0 aliphatic carbocycles. The van der Waals surface area contributed by atoms with Crippen LogP contribution in [0.1, 0.15) is 38.3 Å². The van der Waals surface area contributed by atoms with Gasteiger partial charge in [0.2, 0.25) is 5.91 Å². The Morgan fingerprint density at radius 3 is 2.79 bits per heavy atom. The Morgan fingerprint density at radius 2 is 2.21 bits per heavy atom. The zero-order valence-electron chi connectivity index (χ0n) is 14.2. The van der Waals surface area contributed by atoms with Gasteiger partial charge in [-0.1, -0.05) is 32.4 Å². The molecule has 2 N–H and O–H groups in total. The molecule has 132 valence electrons. The average molecular weight is 357 g/mol. The van der Waals surface area contributed by atoms with Crippen molar-refractivity contribution in [3.05, 3.63) is 28.0 Å². The fourth-order valence-corrected chi connectivity index (χ4v) is 2.70. The topological polar surface area (TPSA) is 70.9 Å². The molecule has 1 amide bonds. The monoisotopic (exact) mass is 356 g/mol. The maximum atomic E-state index is 14.8. The van der Waals surface area contributed by atoms with Crippen molar-refractivity contribution in [2.75, 3.05) is 13.2 Å². The van der Waals surface area contributed by atoms with Gasteiger partial charge in [-0.25, -0.2) is 9.82 Å². The third-order valence-corrected chi connectivity index (χ3v) is 4.25. The summed E-state index contributed by atoms with van der Waals surface area (Å²) in [6, 6.07) is 1.47. The van der Waals surface area contributed by atoms with Crippen molar-refractivity contribution in [1.82, 2.24) is 5.43 Å². The predicted molar refractivity (Wildman–Crippen MR) is 91.0 cm³/mol. The van der Waals surface area contributed by atoms with E-state index in [1.54, 1.807) is 6.92 Å². The lowest BCUT2D eigenvalue weighted by Gasteiger charge is -2.24. The molecule has 5 nitrogen and oxygen atoms in total. The van der Waals surface area contributed by atoms with Crippen LogP contribution in [-0.2, 0) is 4.79 Å². The SMILES string of the molecule is Cc1c(F)c(C2=NNC(=O)CC2C)cc(Cl)c1OCC(C)(C)CO. The molecular weight excluding hydrogens is 335 g/mol. The van der Waals surface area contributed by atoms with E-state index in [0.717, 1.165) is 0 Å². The number of hydrazone groups is 1. The van der Waals surface area contributed by atoms with Gasteiger partial charge in [-0.15, -0.1) is 0 Å². The van der Waals surface area contributed by atoms with Crippen molar-refractivity contribution in [2.45, 2.75) is 34.1 Å². The summed E-state index contributed by atoms with van der Waals surface area (Å²) in [5, 5.41) is 13.5. The number of hydrogen-bond donors (Lipinski definition) is 2. The van der Waals surface area contributed by atoms with Gasteiger partial charge in [0.25, 0.3) is 0 Å². The number of carbonyl (C=O) groups excluding carboxylic acids is 1. The number of aliphatic hydroxyl groups excluding tert-OH is 1. The lowest BCUT2D eigenvalue weighted by molar-refractivity contribution is -0.121. The molecule has 1 aliphatic rings. The third-order valence-electron chi connectivity index (χ3n) is 3.96. The van der Waals surface area contributed by atoms with Crippen LogP contribution in [-0.4, -0.2) is 29.9 Å². The molecule has 0 spiro atoms. The molecule has 1 heterocycles. The van der Waals surface area contributed by atoms with Crippen LogP contribution >= 0.6 is 11.6 Å². The molecule has 24 heavy (non-hydrogen) atoms. The Kier molecular flexibility index (Phi) is 5.50. The van der Waals surface area contributed by atoms with E-state index in [9.17, 15) is 14.3 Å². The molecule has 0 saturated carbocycles. The quantitative estimate of drug-likeness (QED) is 0.851. The molecule has 1 aromatic carbocycles. The van der Waals surface area contributed by atoms with E-state index >= 15 is 0 Å². The molecule has 0 fully saturated rings. The number of halogens is 2. The average Bonchev–Trinajstić information content (AvgIpc) is 2.51. The van der Waals surface area contributed by atoms with Crippen LogP contribution < -0.4 is 10.2 Å². The van der Waals surface area contributed by atoms with Gasteiger partial charge in [0.05, 0.1) is 23.9 Å². The highest BCUT2D eigenvalue weighted by atomic mass is 35.5. The van der Waals surface area contributed by atoms with Gasteiger partial charge in [0, 0.05) is 28.9 Å². The molecule has 0 saturated heterocycles. The second-order valence-electron chi connectivity index (χ2n) is 6.92. The first kappa shape index (κ1) is 18.7. The number of hydrogen-bond acceptors (Lipinski definition) is 4. The fourth-order valence-electron chi connectivity index (χ4n) is 2.39. The number of nitrogens with zero attached hydrogens (tertiary/aromatic N) is 1. The normalized spacial score (nSPS) is 18.2. The Balaban J connectivity index is 2.37. The lowest BCUT2D eigenvalue weighted by atomic mass is 9.92. The summed E-state index contributed by atoms with van der Waals surface area (Å²) in [4.78, 5) is 11.4. The molecule has 1 aromatic rings. The van der Waals surface area contributed by atoms with Gasteiger partial charge in [-0.05, 0) is 13.0 Å². The van der Waals surface area contributed by atoms with Gasteiger partial charge in [-0.3, -0.25) is 4.79 Å². The second-order valence-corrected chi connectivity index (χ2v) is 7.33. The zero-order valence-corrected chi connectivity index (χ0v) is 15.0. The molecule has 1 atom stereocenters. The van der Waals surface area contributed by atoms with E-state index in [2.05, 4.69) is 10.5 Å². The molecule has 2 rings (SSSR count). The van der Waals surface area contributed by atoms with Crippen LogP contribution in [0.2, 0.25) is 5.02 Å². The summed E-state index contributed by atoms with van der Waals surface area (Å²) in [7, 11) is 0. The van der Waals surface area contributed by atoms with Crippen molar-refractivity contribution in [2.24, 2.45) is 16.4 Å². The number of benzene rings is 1. The smallest absolute Gasteiger partial charge is 0.240 e. The third kappa shape index (κ3) is 3.87. The van der Waals surface area contributed by atoms with E-state index in [1.165, 1.54) is 6.07 Å². The second kappa shape index (κ2) is 7.07. The number of aliphatic hydroxyl groups is 1. The van der Waals surface area contributed by atoms with E-state index in [4.69, 9.17) is 16.3 Å². The number of rotatable bonds is 5. The molecule has 0 aromatic heterocycles. The molecule has 1 unspecified atom stereocenters. The summed E-state index contributed by atoms with van der Waals surface area (Å²) in [6.45, 7) is 7.21. The number of ether oxygens (including phenoxy) is 1. The highest BCUT2D eigenvalue weighted by molar-refractivity contribution is 6.32. The van der Waals surface area contributed by atoms with Crippen molar-refractivity contribution < 1.29 is 19.0 Å².